The van der Waals surface area contributed by atoms with E-state index in [1.165, 1.54) is 6.33 Å². The molecule has 0 aliphatic carbocycles. The Balaban J connectivity index is 1.86. The topological polar surface area (TPSA) is 87.7 Å². The van der Waals surface area contributed by atoms with Gasteiger partial charge in [-0.15, -0.1) is 0 Å². The number of benzene rings is 1. The summed E-state index contributed by atoms with van der Waals surface area (Å²) in [5.41, 5.74) is 0. The number of sulfonamides is 1. The summed E-state index contributed by atoms with van der Waals surface area (Å²) in [6, 6.07) is 6.51. The lowest BCUT2D eigenvalue weighted by molar-refractivity contribution is 0.578. The Morgan fingerprint density at radius 2 is 2.00 bits per heavy atom. The SMILES string of the molecule is O=S(=O)(NCCCc1ncn[nH]1)c1ccc(Br)cc1. The molecule has 0 radical (unpaired) electrons. The first-order valence-electron chi connectivity index (χ1n) is 5.67. The summed E-state index contributed by atoms with van der Waals surface area (Å²) in [6.07, 6.45) is 2.75. The summed E-state index contributed by atoms with van der Waals surface area (Å²) < 4.78 is 27.3. The molecule has 102 valence electrons. The van der Waals surface area contributed by atoms with Gasteiger partial charge in [-0.2, -0.15) is 5.10 Å². The molecule has 2 N–H and O–H groups in total. The molecule has 6 nitrogen and oxygen atoms in total. The van der Waals surface area contributed by atoms with Crippen molar-refractivity contribution in [2.45, 2.75) is 17.7 Å². The van der Waals surface area contributed by atoms with Gasteiger partial charge in [-0.25, -0.2) is 18.1 Å². The van der Waals surface area contributed by atoms with Crippen LogP contribution in [0.3, 0.4) is 0 Å². The lowest BCUT2D eigenvalue weighted by atomic mass is 10.3. The molecule has 2 rings (SSSR count). The van der Waals surface area contributed by atoms with E-state index >= 15 is 0 Å². The zero-order valence-corrected chi connectivity index (χ0v) is 12.4. The molecule has 1 aromatic carbocycles. The maximum absolute atomic E-state index is 11.9. The predicted octanol–water partition coefficient (Wildman–Crippen LogP) is 1.48. The molecular formula is C11H13BrN4O2S. The van der Waals surface area contributed by atoms with Crippen molar-refractivity contribution in [3.05, 3.63) is 40.9 Å². The van der Waals surface area contributed by atoms with Crippen molar-refractivity contribution in [3.8, 4) is 0 Å². The second-order valence-corrected chi connectivity index (χ2v) is 6.57. The Hall–Kier alpha value is -1.25. The number of nitrogens with zero attached hydrogens (tertiary/aromatic N) is 2. The molecule has 0 saturated heterocycles. The molecule has 0 atom stereocenters. The van der Waals surface area contributed by atoms with Crippen LogP contribution in [0.25, 0.3) is 0 Å². The highest BCUT2D eigenvalue weighted by atomic mass is 79.9. The van der Waals surface area contributed by atoms with Gasteiger partial charge in [0.25, 0.3) is 0 Å². The Kier molecular flexibility index (Phi) is 4.67. The Morgan fingerprint density at radius 1 is 1.26 bits per heavy atom. The number of hydrogen-bond acceptors (Lipinski definition) is 4. The van der Waals surface area contributed by atoms with Crippen molar-refractivity contribution in [1.29, 1.82) is 0 Å². The van der Waals surface area contributed by atoms with Gasteiger partial charge in [-0.3, -0.25) is 5.10 Å². The van der Waals surface area contributed by atoms with E-state index in [-0.39, 0.29) is 4.90 Å². The number of halogens is 1. The van der Waals surface area contributed by atoms with Crippen molar-refractivity contribution in [2.24, 2.45) is 0 Å². The van der Waals surface area contributed by atoms with Gasteiger partial charge in [0.1, 0.15) is 12.2 Å². The molecule has 19 heavy (non-hydrogen) atoms. The number of nitrogens with one attached hydrogen (secondary N) is 2. The number of aromatic nitrogens is 3. The van der Waals surface area contributed by atoms with Crippen LogP contribution in [-0.4, -0.2) is 30.1 Å². The van der Waals surface area contributed by atoms with E-state index in [4.69, 9.17) is 0 Å². The highest BCUT2D eigenvalue weighted by Gasteiger charge is 2.12. The average molecular weight is 345 g/mol. The molecule has 0 aliphatic heterocycles. The highest BCUT2D eigenvalue weighted by Crippen LogP contribution is 2.14. The maximum Gasteiger partial charge on any atom is 0.240 e. The van der Waals surface area contributed by atoms with E-state index in [2.05, 4.69) is 35.8 Å². The monoisotopic (exact) mass is 344 g/mol. The molecule has 1 heterocycles. The van der Waals surface area contributed by atoms with Gasteiger partial charge in [0.15, 0.2) is 0 Å². The third-order valence-electron chi connectivity index (χ3n) is 2.47. The summed E-state index contributed by atoms with van der Waals surface area (Å²) in [5, 5.41) is 6.46. The fourth-order valence-electron chi connectivity index (χ4n) is 1.51. The molecule has 1 aromatic heterocycles. The minimum Gasteiger partial charge on any atom is -0.263 e. The van der Waals surface area contributed by atoms with E-state index in [9.17, 15) is 8.42 Å². The van der Waals surface area contributed by atoms with Crippen LogP contribution in [0.4, 0.5) is 0 Å². The quantitative estimate of drug-likeness (QED) is 0.777. The number of aromatic amines is 1. The molecule has 0 unspecified atom stereocenters. The second kappa shape index (κ2) is 6.27. The number of H-pyrrole nitrogens is 1. The van der Waals surface area contributed by atoms with Gasteiger partial charge in [0.2, 0.25) is 10.0 Å². The number of aryl methyl sites for hydroxylation is 1. The first kappa shape index (κ1) is 14.2. The zero-order valence-electron chi connectivity index (χ0n) is 10.0. The Labute approximate surface area is 119 Å². The molecule has 0 amide bonds. The fourth-order valence-corrected chi connectivity index (χ4v) is 2.85. The largest absolute Gasteiger partial charge is 0.263 e. The number of rotatable bonds is 6. The van der Waals surface area contributed by atoms with Gasteiger partial charge in [-0.1, -0.05) is 15.9 Å². The van der Waals surface area contributed by atoms with Crippen LogP contribution < -0.4 is 4.72 Å². The molecule has 2 aromatic rings. The predicted molar refractivity (Wildman–Crippen MR) is 74.0 cm³/mol. The highest BCUT2D eigenvalue weighted by molar-refractivity contribution is 9.10. The Morgan fingerprint density at radius 3 is 2.63 bits per heavy atom. The molecule has 0 fully saturated rings. The van der Waals surface area contributed by atoms with Crippen molar-refractivity contribution in [1.82, 2.24) is 19.9 Å². The van der Waals surface area contributed by atoms with Gasteiger partial charge in [0, 0.05) is 17.4 Å². The van der Waals surface area contributed by atoms with E-state index in [0.717, 1.165) is 10.3 Å². The number of hydrogen-bond donors (Lipinski definition) is 2. The smallest absolute Gasteiger partial charge is 0.240 e. The zero-order chi connectivity index (χ0) is 13.7. The summed E-state index contributed by atoms with van der Waals surface area (Å²) >= 11 is 3.27. The maximum atomic E-state index is 11.9. The second-order valence-electron chi connectivity index (χ2n) is 3.89. The molecule has 0 spiro atoms. The van der Waals surface area contributed by atoms with Crippen molar-refractivity contribution in [3.63, 3.8) is 0 Å². The van der Waals surface area contributed by atoms with Crippen LogP contribution in [-0.2, 0) is 16.4 Å². The van der Waals surface area contributed by atoms with Gasteiger partial charge >= 0.3 is 0 Å². The molecule has 8 heteroatoms. The minimum atomic E-state index is -3.44. The standard InChI is InChI=1S/C11H13BrN4O2S/c12-9-3-5-10(6-4-9)19(17,18)15-7-1-2-11-13-8-14-16-11/h3-6,8,15H,1-2,7H2,(H,13,14,16). The first-order chi connectivity index (χ1) is 9.08. The molecule has 0 bridgehead atoms. The van der Waals surface area contributed by atoms with Gasteiger partial charge < -0.3 is 0 Å². The minimum absolute atomic E-state index is 0.260. The molecule has 0 aliphatic rings. The normalized spacial score (nSPS) is 11.6. The van der Waals surface area contributed by atoms with Crippen LogP contribution >= 0.6 is 15.9 Å². The third kappa shape index (κ3) is 4.12. The van der Waals surface area contributed by atoms with Gasteiger partial charge in [-0.05, 0) is 30.7 Å². The van der Waals surface area contributed by atoms with Crippen LogP contribution in [0.5, 0.6) is 0 Å². The third-order valence-corrected chi connectivity index (χ3v) is 4.48. The fraction of sp³-hybridized carbons (Fsp3) is 0.273. The van der Waals surface area contributed by atoms with Crippen molar-refractivity contribution < 1.29 is 8.42 Å². The lowest BCUT2D eigenvalue weighted by Gasteiger charge is -2.06. The summed E-state index contributed by atoms with van der Waals surface area (Å²) in [4.78, 5) is 4.23. The first-order valence-corrected chi connectivity index (χ1v) is 7.95. The van der Waals surface area contributed by atoms with Gasteiger partial charge in [0.05, 0.1) is 4.90 Å². The van der Waals surface area contributed by atoms with E-state index < -0.39 is 10.0 Å². The molecule has 0 saturated carbocycles. The van der Waals surface area contributed by atoms with Crippen LogP contribution in [0.2, 0.25) is 0 Å². The van der Waals surface area contributed by atoms with E-state index in [1.54, 1.807) is 24.3 Å². The van der Waals surface area contributed by atoms with E-state index in [1.807, 2.05) is 0 Å². The Bertz CT molecular complexity index is 611. The van der Waals surface area contributed by atoms with Crippen LogP contribution in [0, 0.1) is 0 Å². The van der Waals surface area contributed by atoms with Crippen molar-refractivity contribution in [2.75, 3.05) is 6.54 Å². The summed E-state index contributed by atoms with van der Waals surface area (Å²) in [7, 11) is -3.44. The lowest BCUT2D eigenvalue weighted by Crippen LogP contribution is -2.25. The van der Waals surface area contributed by atoms with E-state index in [0.29, 0.717) is 19.4 Å². The van der Waals surface area contributed by atoms with Crippen LogP contribution in [0.15, 0.2) is 40.0 Å². The summed E-state index contributed by atoms with van der Waals surface area (Å²) in [6.45, 7) is 0.360. The summed E-state index contributed by atoms with van der Waals surface area (Å²) in [5.74, 6) is 0.753. The van der Waals surface area contributed by atoms with Crippen LogP contribution in [0.1, 0.15) is 12.2 Å². The molecular weight excluding hydrogens is 332 g/mol. The van der Waals surface area contributed by atoms with Crippen molar-refractivity contribution >= 4 is 26.0 Å². The average Bonchev–Trinajstić information content (AvgIpc) is 2.88.